The van der Waals surface area contributed by atoms with E-state index in [1.165, 1.54) is 43.2 Å². The summed E-state index contributed by atoms with van der Waals surface area (Å²) in [4.78, 5) is 0. The molecule has 3 heteroatoms. The molecule has 1 aliphatic heterocycles. The number of rotatable bonds is 4. The summed E-state index contributed by atoms with van der Waals surface area (Å²) in [5.74, 6) is 2.10. The molecule has 0 radical (unpaired) electrons. The van der Waals surface area contributed by atoms with Gasteiger partial charge in [-0.25, -0.2) is 0 Å². The average molecular weight is 277 g/mol. The summed E-state index contributed by atoms with van der Waals surface area (Å²) in [7, 11) is 0. The van der Waals surface area contributed by atoms with E-state index in [9.17, 15) is 0 Å². The van der Waals surface area contributed by atoms with E-state index in [4.69, 9.17) is 10.5 Å². The smallest absolute Gasteiger partial charge is 0.122 e. The van der Waals surface area contributed by atoms with Gasteiger partial charge in [0.15, 0.2) is 0 Å². The van der Waals surface area contributed by atoms with Crippen molar-refractivity contribution in [3.8, 4) is 5.75 Å². The lowest BCUT2D eigenvalue weighted by Gasteiger charge is -2.22. The van der Waals surface area contributed by atoms with Crippen molar-refractivity contribution >= 4 is 11.8 Å². The predicted molar refractivity (Wildman–Crippen MR) is 81.9 cm³/mol. The van der Waals surface area contributed by atoms with Crippen LogP contribution in [0.25, 0.3) is 0 Å². The fraction of sp³-hybridized carbons (Fsp3) is 0.625. The quantitative estimate of drug-likeness (QED) is 0.911. The van der Waals surface area contributed by atoms with Crippen LogP contribution in [0.1, 0.15) is 49.3 Å². The molecule has 2 N–H and O–H groups in total. The molecule has 0 bridgehead atoms. The average Bonchev–Trinajstić information content (AvgIpc) is 2.93. The molecular formula is C16H23NOS. The van der Waals surface area contributed by atoms with Gasteiger partial charge in [-0.2, -0.15) is 11.8 Å². The van der Waals surface area contributed by atoms with Crippen LogP contribution < -0.4 is 10.5 Å². The second-order valence-corrected chi connectivity index (χ2v) is 7.00. The van der Waals surface area contributed by atoms with Crippen LogP contribution in [0.5, 0.6) is 5.75 Å². The molecule has 1 unspecified atom stereocenters. The van der Waals surface area contributed by atoms with E-state index < -0.39 is 0 Å². The van der Waals surface area contributed by atoms with Crippen molar-refractivity contribution in [2.75, 3.05) is 12.4 Å². The van der Waals surface area contributed by atoms with Gasteiger partial charge in [0.2, 0.25) is 0 Å². The van der Waals surface area contributed by atoms with E-state index in [2.05, 4.69) is 30.0 Å². The zero-order valence-corrected chi connectivity index (χ0v) is 12.3. The summed E-state index contributed by atoms with van der Waals surface area (Å²) in [5.41, 5.74) is 8.94. The van der Waals surface area contributed by atoms with E-state index in [1.54, 1.807) is 0 Å². The highest BCUT2D eigenvalue weighted by Gasteiger charge is 2.18. The molecule has 0 aromatic heterocycles. The minimum absolute atomic E-state index is 0.165. The Hall–Kier alpha value is -0.670. The number of hydrogen-bond acceptors (Lipinski definition) is 3. The van der Waals surface area contributed by atoms with Crippen molar-refractivity contribution < 1.29 is 4.74 Å². The number of fused-ring (bicyclic) bond motifs is 1. The van der Waals surface area contributed by atoms with Crippen molar-refractivity contribution in [1.82, 2.24) is 0 Å². The first kappa shape index (κ1) is 13.3. The van der Waals surface area contributed by atoms with E-state index in [1.807, 2.05) is 0 Å². The van der Waals surface area contributed by atoms with Gasteiger partial charge in [0.05, 0.1) is 6.61 Å². The van der Waals surface area contributed by atoms with Crippen molar-refractivity contribution in [2.45, 2.75) is 49.8 Å². The molecular weight excluding hydrogens is 254 g/mol. The maximum atomic E-state index is 6.34. The Morgan fingerprint density at radius 3 is 2.95 bits per heavy atom. The van der Waals surface area contributed by atoms with Gasteiger partial charge in [-0.05, 0) is 30.0 Å². The summed E-state index contributed by atoms with van der Waals surface area (Å²) in [6.07, 6.45) is 8.04. The van der Waals surface area contributed by atoms with Crippen LogP contribution in [0.15, 0.2) is 18.2 Å². The lowest BCUT2D eigenvalue weighted by molar-refractivity contribution is 0.357. The standard InChI is InChI=1S/C16H23NOS/c17-15(11-19-14-4-2-1-3-5-14)12-6-7-16-13(10-12)8-9-18-16/h6-7,10,14-15H,1-5,8-9,11,17H2. The number of hydrogen-bond donors (Lipinski definition) is 1. The summed E-state index contributed by atoms with van der Waals surface area (Å²) in [6.45, 7) is 0.824. The van der Waals surface area contributed by atoms with Gasteiger partial charge < -0.3 is 10.5 Å². The zero-order chi connectivity index (χ0) is 13.1. The van der Waals surface area contributed by atoms with Crippen LogP contribution >= 0.6 is 11.8 Å². The molecule has 1 atom stereocenters. The highest BCUT2D eigenvalue weighted by molar-refractivity contribution is 7.99. The minimum Gasteiger partial charge on any atom is -0.493 e. The van der Waals surface area contributed by atoms with E-state index in [0.717, 1.165) is 29.8 Å². The Morgan fingerprint density at radius 1 is 1.26 bits per heavy atom. The number of ether oxygens (including phenoxy) is 1. The van der Waals surface area contributed by atoms with Crippen molar-refractivity contribution in [2.24, 2.45) is 5.73 Å². The van der Waals surface area contributed by atoms with E-state index >= 15 is 0 Å². The number of benzene rings is 1. The Bertz CT molecular complexity index is 429. The molecule has 104 valence electrons. The molecule has 1 aliphatic carbocycles. The molecule has 1 heterocycles. The monoisotopic (exact) mass is 277 g/mol. The Balaban J connectivity index is 1.56. The van der Waals surface area contributed by atoms with Gasteiger partial charge in [0.1, 0.15) is 5.75 Å². The van der Waals surface area contributed by atoms with Crippen LogP contribution in [-0.2, 0) is 6.42 Å². The number of thioether (sulfide) groups is 1. The van der Waals surface area contributed by atoms with Crippen molar-refractivity contribution in [1.29, 1.82) is 0 Å². The summed E-state index contributed by atoms with van der Waals surface area (Å²) in [5, 5.41) is 0.845. The number of nitrogens with two attached hydrogens (primary N) is 1. The molecule has 1 aromatic carbocycles. The topological polar surface area (TPSA) is 35.2 Å². The van der Waals surface area contributed by atoms with Crippen LogP contribution in [0.4, 0.5) is 0 Å². The third-order valence-electron chi connectivity index (χ3n) is 4.21. The third-order valence-corrected chi connectivity index (χ3v) is 5.70. The van der Waals surface area contributed by atoms with Crippen molar-refractivity contribution in [3.63, 3.8) is 0 Å². The second kappa shape index (κ2) is 6.19. The van der Waals surface area contributed by atoms with Gasteiger partial charge in [-0.3, -0.25) is 0 Å². The summed E-state index contributed by atoms with van der Waals surface area (Å²) in [6, 6.07) is 6.63. The van der Waals surface area contributed by atoms with Crippen molar-refractivity contribution in [3.05, 3.63) is 29.3 Å². The fourth-order valence-corrected chi connectivity index (χ4v) is 4.34. The predicted octanol–water partition coefficient (Wildman–Crippen LogP) is 3.69. The molecule has 2 aliphatic rings. The normalized spacial score (nSPS) is 20.9. The lowest BCUT2D eigenvalue weighted by atomic mass is 10.0. The van der Waals surface area contributed by atoms with Gasteiger partial charge in [-0.1, -0.05) is 31.4 Å². The third kappa shape index (κ3) is 3.26. The molecule has 1 fully saturated rings. The molecule has 2 nitrogen and oxygen atoms in total. The first-order valence-electron chi connectivity index (χ1n) is 7.46. The molecule has 1 aromatic rings. The largest absolute Gasteiger partial charge is 0.493 e. The Labute approximate surface area is 120 Å². The summed E-state index contributed by atoms with van der Waals surface area (Å²) >= 11 is 2.08. The highest BCUT2D eigenvalue weighted by atomic mass is 32.2. The van der Waals surface area contributed by atoms with Crippen LogP contribution in [0.3, 0.4) is 0 Å². The molecule has 3 rings (SSSR count). The summed E-state index contributed by atoms with van der Waals surface area (Å²) < 4.78 is 5.54. The Kier molecular flexibility index (Phi) is 4.34. The van der Waals surface area contributed by atoms with Gasteiger partial charge >= 0.3 is 0 Å². The first-order chi connectivity index (χ1) is 9.33. The molecule has 0 amide bonds. The van der Waals surface area contributed by atoms with Gasteiger partial charge in [0, 0.05) is 23.5 Å². The van der Waals surface area contributed by atoms with Crippen LogP contribution in [-0.4, -0.2) is 17.6 Å². The van der Waals surface area contributed by atoms with Gasteiger partial charge in [0.25, 0.3) is 0 Å². The zero-order valence-electron chi connectivity index (χ0n) is 11.4. The van der Waals surface area contributed by atoms with E-state index in [-0.39, 0.29) is 6.04 Å². The van der Waals surface area contributed by atoms with Crippen LogP contribution in [0.2, 0.25) is 0 Å². The molecule has 1 saturated carbocycles. The first-order valence-corrected chi connectivity index (χ1v) is 8.50. The Morgan fingerprint density at radius 2 is 2.11 bits per heavy atom. The molecule has 19 heavy (non-hydrogen) atoms. The van der Waals surface area contributed by atoms with E-state index in [0.29, 0.717) is 0 Å². The molecule has 0 spiro atoms. The molecule has 0 saturated heterocycles. The minimum atomic E-state index is 0.165. The second-order valence-electron chi connectivity index (χ2n) is 5.67. The van der Waals surface area contributed by atoms with Gasteiger partial charge in [-0.15, -0.1) is 0 Å². The lowest BCUT2D eigenvalue weighted by Crippen LogP contribution is -2.17. The maximum Gasteiger partial charge on any atom is 0.122 e. The maximum absolute atomic E-state index is 6.34. The SMILES string of the molecule is NC(CSC1CCCCC1)c1ccc2c(c1)CCO2. The highest BCUT2D eigenvalue weighted by Crippen LogP contribution is 2.32. The fourth-order valence-electron chi connectivity index (χ4n) is 3.00. The van der Waals surface area contributed by atoms with Crippen LogP contribution in [0, 0.1) is 0 Å².